The predicted octanol–water partition coefficient (Wildman–Crippen LogP) is 5.82. The van der Waals surface area contributed by atoms with Gasteiger partial charge in [-0.3, -0.25) is 19.7 Å². The highest BCUT2D eigenvalue weighted by Gasteiger charge is 2.91. The summed E-state index contributed by atoms with van der Waals surface area (Å²) in [6.07, 6.45) is 0. The summed E-state index contributed by atoms with van der Waals surface area (Å²) in [5.41, 5.74) is -0.247. The van der Waals surface area contributed by atoms with Gasteiger partial charge in [0.25, 0.3) is 17.5 Å². The molecule has 1 saturated carbocycles. The lowest BCUT2D eigenvalue weighted by molar-refractivity contribution is -0.384. The Bertz CT molecular complexity index is 1500. The van der Waals surface area contributed by atoms with Gasteiger partial charge >= 0.3 is 0 Å². The number of benzene rings is 3. The van der Waals surface area contributed by atoms with E-state index in [1.165, 1.54) is 22.2 Å². The summed E-state index contributed by atoms with van der Waals surface area (Å²) in [7, 11) is 0. The van der Waals surface area contributed by atoms with E-state index in [9.17, 15) is 19.7 Å². The van der Waals surface area contributed by atoms with Crippen molar-refractivity contribution in [2.24, 2.45) is 21.0 Å². The van der Waals surface area contributed by atoms with Crippen molar-refractivity contribution in [1.82, 2.24) is 0 Å². The molecule has 3 aromatic carbocycles. The molecule has 38 heavy (non-hydrogen) atoms. The molecule has 2 aliphatic heterocycles. The number of hydrogen-bond acceptors (Lipinski definition) is 6. The summed E-state index contributed by atoms with van der Waals surface area (Å²) in [6, 6.07) is 19.3. The Hall–Kier alpha value is -4.08. The Kier molecular flexibility index (Phi) is 5.24. The second-order valence-electron chi connectivity index (χ2n) is 9.46. The van der Waals surface area contributed by atoms with Gasteiger partial charge in [-0.1, -0.05) is 35.3 Å². The predicted molar refractivity (Wildman–Crippen MR) is 145 cm³/mol. The molecule has 2 unspecified atom stereocenters. The minimum Gasteiger partial charge on any atom is -0.271 e. The number of fused-ring (bicyclic) bond motifs is 1. The number of halogens is 2. The second-order valence-corrected chi connectivity index (χ2v) is 10.3. The molecule has 0 bridgehead atoms. The van der Waals surface area contributed by atoms with Gasteiger partial charge in [-0.25, -0.2) is 0 Å². The lowest BCUT2D eigenvalue weighted by Gasteiger charge is -2.19. The lowest BCUT2D eigenvalue weighted by Crippen LogP contribution is -2.40. The SMILES string of the molecule is CC1=NN(c2ccc(Cl)cc2)C(=O)C12C(c1ccc([N+](=O)[O-])cc1)C21C(=O)N(c2ccc(Cl)cc2)N=C1C. The largest absolute Gasteiger partial charge is 0.271 e. The van der Waals surface area contributed by atoms with Gasteiger partial charge in [0, 0.05) is 28.1 Å². The van der Waals surface area contributed by atoms with Crippen LogP contribution in [0.4, 0.5) is 17.1 Å². The van der Waals surface area contributed by atoms with Gasteiger partial charge in [0.2, 0.25) is 0 Å². The van der Waals surface area contributed by atoms with E-state index < -0.39 is 21.7 Å². The molecular weight excluding hydrogens is 529 g/mol. The fourth-order valence-electron chi connectivity index (χ4n) is 6.04. The average Bonchev–Trinajstić information content (AvgIpc) is 3.39. The third-order valence-corrected chi connectivity index (χ3v) is 8.19. The Morgan fingerprint density at radius 3 is 1.50 bits per heavy atom. The van der Waals surface area contributed by atoms with Gasteiger partial charge in [0.05, 0.1) is 27.7 Å². The molecular formula is C27H19Cl2N5O4. The highest BCUT2D eigenvalue weighted by atomic mass is 35.5. The van der Waals surface area contributed by atoms with Crippen LogP contribution in [-0.4, -0.2) is 28.2 Å². The molecule has 0 radical (unpaired) electrons. The van der Waals surface area contributed by atoms with E-state index in [-0.39, 0.29) is 17.5 Å². The minimum atomic E-state index is -1.35. The van der Waals surface area contributed by atoms with Crippen molar-refractivity contribution in [2.75, 3.05) is 10.0 Å². The smallest absolute Gasteiger partial charge is 0.269 e. The molecule has 3 aromatic rings. The first kappa shape index (κ1) is 24.3. The zero-order valence-electron chi connectivity index (χ0n) is 20.1. The van der Waals surface area contributed by atoms with E-state index in [1.54, 1.807) is 74.5 Å². The van der Waals surface area contributed by atoms with Crippen molar-refractivity contribution in [3.8, 4) is 0 Å². The number of hydrogen-bond donors (Lipinski definition) is 0. The third-order valence-electron chi connectivity index (χ3n) is 7.69. The number of nitrogens with zero attached hydrogens (tertiary/aromatic N) is 5. The zero-order chi connectivity index (χ0) is 27.0. The van der Waals surface area contributed by atoms with Crippen molar-refractivity contribution >= 4 is 63.5 Å². The van der Waals surface area contributed by atoms with Gasteiger partial charge in [-0.05, 0) is 67.9 Å². The summed E-state index contributed by atoms with van der Waals surface area (Å²) in [4.78, 5) is 39.4. The van der Waals surface area contributed by atoms with Crippen molar-refractivity contribution in [3.05, 3.63) is 98.5 Å². The standard InChI is InChI=1S/C27H19Cl2N5O4/c1-15-26(24(35)32(30-15)20-11-5-18(28)6-12-20)23(17-3-9-22(10-4-17)34(37)38)27(26)16(2)31-33(25(27)36)21-13-7-19(29)8-14-21/h3-14,23H,1-2H3. The first-order valence-electron chi connectivity index (χ1n) is 11.7. The number of anilines is 2. The van der Waals surface area contributed by atoms with Gasteiger partial charge in [-0.15, -0.1) is 0 Å². The quantitative estimate of drug-likeness (QED) is 0.303. The number of rotatable bonds is 4. The van der Waals surface area contributed by atoms with Crippen LogP contribution in [0, 0.1) is 20.9 Å². The first-order valence-corrected chi connectivity index (χ1v) is 12.5. The van der Waals surface area contributed by atoms with Crippen LogP contribution >= 0.6 is 23.2 Å². The number of hydrazone groups is 2. The number of nitro groups is 1. The van der Waals surface area contributed by atoms with E-state index in [2.05, 4.69) is 10.2 Å². The van der Waals surface area contributed by atoms with Crippen LogP contribution in [0.25, 0.3) is 0 Å². The summed E-state index contributed by atoms with van der Waals surface area (Å²) in [6.45, 7) is 3.46. The minimum absolute atomic E-state index is 0.0886. The number of non-ortho nitro benzene ring substituents is 1. The zero-order valence-corrected chi connectivity index (χ0v) is 21.6. The maximum absolute atomic E-state index is 14.3. The molecule has 1 aliphatic carbocycles. The van der Waals surface area contributed by atoms with Crippen LogP contribution in [0.2, 0.25) is 10.0 Å². The van der Waals surface area contributed by atoms with E-state index in [4.69, 9.17) is 23.2 Å². The molecule has 1 fully saturated rings. The van der Waals surface area contributed by atoms with E-state index in [0.29, 0.717) is 38.4 Å². The van der Waals surface area contributed by atoms with E-state index >= 15 is 0 Å². The maximum Gasteiger partial charge on any atom is 0.269 e. The topological polar surface area (TPSA) is 108 Å². The Balaban J connectivity index is 1.51. The van der Waals surface area contributed by atoms with Gasteiger partial charge in [0.15, 0.2) is 0 Å². The van der Waals surface area contributed by atoms with Crippen LogP contribution in [0.1, 0.15) is 25.3 Å². The average molecular weight is 548 g/mol. The first-order chi connectivity index (χ1) is 18.1. The molecule has 3 aliphatic rings. The summed E-state index contributed by atoms with van der Waals surface area (Å²) < 4.78 is 0. The molecule has 6 rings (SSSR count). The normalized spacial score (nSPS) is 25.8. The Morgan fingerprint density at radius 1 is 0.737 bits per heavy atom. The highest BCUT2D eigenvalue weighted by Crippen LogP contribution is 2.79. The lowest BCUT2D eigenvalue weighted by atomic mass is 9.85. The van der Waals surface area contributed by atoms with Gasteiger partial charge in [-0.2, -0.15) is 20.2 Å². The summed E-state index contributed by atoms with van der Waals surface area (Å²) in [5, 5.41) is 24.1. The molecule has 190 valence electrons. The van der Waals surface area contributed by atoms with Crippen LogP contribution < -0.4 is 10.0 Å². The van der Waals surface area contributed by atoms with E-state index in [1.807, 2.05) is 0 Å². The Morgan fingerprint density at radius 2 is 1.13 bits per heavy atom. The molecule has 2 amide bonds. The molecule has 0 aromatic heterocycles. The van der Waals surface area contributed by atoms with Crippen molar-refractivity contribution in [1.29, 1.82) is 0 Å². The maximum atomic E-state index is 14.3. The van der Waals surface area contributed by atoms with E-state index in [0.717, 1.165) is 0 Å². The monoisotopic (exact) mass is 547 g/mol. The third kappa shape index (κ3) is 3.00. The second kappa shape index (κ2) is 8.21. The number of nitro benzene ring substituents is 1. The van der Waals surface area contributed by atoms with Gasteiger partial charge < -0.3 is 0 Å². The summed E-state index contributed by atoms with van der Waals surface area (Å²) >= 11 is 12.1. The molecule has 11 heteroatoms. The van der Waals surface area contributed by atoms with Crippen LogP contribution in [0.5, 0.6) is 0 Å². The van der Waals surface area contributed by atoms with Crippen molar-refractivity contribution < 1.29 is 14.5 Å². The number of amides is 2. The molecule has 0 N–H and O–H groups in total. The number of carbonyl (C=O) groups excluding carboxylic acids is 2. The van der Waals surface area contributed by atoms with Gasteiger partial charge in [0.1, 0.15) is 10.8 Å². The van der Waals surface area contributed by atoms with Crippen LogP contribution in [0.3, 0.4) is 0 Å². The Labute approximate surface area is 227 Å². The fourth-order valence-corrected chi connectivity index (χ4v) is 6.29. The van der Waals surface area contributed by atoms with Crippen molar-refractivity contribution in [3.63, 3.8) is 0 Å². The molecule has 2 spiro atoms. The summed E-state index contributed by atoms with van der Waals surface area (Å²) in [5.74, 6) is -1.42. The molecule has 2 atom stereocenters. The fraction of sp³-hybridized carbons (Fsp3) is 0.185. The van der Waals surface area contributed by atoms with Crippen LogP contribution in [0.15, 0.2) is 83.0 Å². The molecule has 0 saturated heterocycles. The molecule has 2 heterocycles. The highest BCUT2D eigenvalue weighted by molar-refractivity contribution is 6.37. The van der Waals surface area contributed by atoms with Crippen LogP contribution in [-0.2, 0) is 9.59 Å². The number of carbonyl (C=O) groups is 2. The molecule has 9 nitrogen and oxygen atoms in total. The van der Waals surface area contributed by atoms with Crippen molar-refractivity contribution in [2.45, 2.75) is 19.8 Å².